The van der Waals surface area contributed by atoms with Gasteiger partial charge >= 0.3 is 0 Å². The van der Waals surface area contributed by atoms with Crippen LogP contribution in [0, 0.1) is 10.1 Å². The van der Waals surface area contributed by atoms with Crippen molar-refractivity contribution in [3.63, 3.8) is 0 Å². The second kappa shape index (κ2) is 8.41. The number of carbonyl (C=O) groups excluding carboxylic acids is 1. The summed E-state index contributed by atoms with van der Waals surface area (Å²) < 4.78 is 5.12. The fourth-order valence-corrected chi connectivity index (χ4v) is 2.37. The lowest BCUT2D eigenvalue weighted by molar-refractivity contribution is -0.384. The minimum atomic E-state index is -0.535. The van der Waals surface area contributed by atoms with Gasteiger partial charge in [-0.05, 0) is 36.0 Å². The summed E-state index contributed by atoms with van der Waals surface area (Å²) in [6, 6.07) is 10.9. The van der Waals surface area contributed by atoms with Crippen LogP contribution >= 0.6 is 23.8 Å². The molecule has 0 fully saturated rings. The minimum absolute atomic E-state index is 0.0118. The number of anilines is 1. The first-order valence-electron chi connectivity index (χ1n) is 7.06. The zero-order valence-electron chi connectivity index (χ0n) is 13.1. The van der Waals surface area contributed by atoms with E-state index < -0.39 is 4.92 Å². The molecule has 0 saturated carbocycles. The Morgan fingerprint density at radius 3 is 2.56 bits per heavy atom. The highest BCUT2D eigenvalue weighted by molar-refractivity contribution is 7.80. The molecule has 0 unspecified atom stereocenters. The molecule has 2 aromatic rings. The predicted octanol–water partition coefficient (Wildman–Crippen LogP) is 3.31. The Labute approximate surface area is 154 Å². The van der Waals surface area contributed by atoms with Crippen molar-refractivity contribution >= 4 is 46.2 Å². The Balaban J connectivity index is 2.01. The molecule has 2 N–H and O–H groups in total. The van der Waals surface area contributed by atoms with E-state index in [2.05, 4.69) is 10.6 Å². The van der Waals surface area contributed by atoms with Crippen molar-refractivity contribution in [3.8, 4) is 5.75 Å². The molecule has 130 valence electrons. The molecule has 2 rings (SSSR count). The third kappa shape index (κ3) is 5.40. The summed E-state index contributed by atoms with van der Waals surface area (Å²) in [5, 5.41) is 16.7. The summed E-state index contributed by atoms with van der Waals surface area (Å²) in [7, 11) is 1.43. The van der Waals surface area contributed by atoms with Gasteiger partial charge in [0.25, 0.3) is 5.69 Å². The quantitative estimate of drug-likeness (QED) is 0.470. The van der Waals surface area contributed by atoms with Crippen molar-refractivity contribution in [2.45, 2.75) is 6.42 Å². The number of amides is 1. The molecule has 25 heavy (non-hydrogen) atoms. The van der Waals surface area contributed by atoms with Crippen molar-refractivity contribution in [1.82, 2.24) is 5.32 Å². The fourth-order valence-electron chi connectivity index (χ4n) is 2.02. The van der Waals surface area contributed by atoms with Gasteiger partial charge in [0.15, 0.2) is 5.11 Å². The van der Waals surface area contributed by atoms with Gasteiger partial charge < -0.3 is 15.4 Å². The number of rotatable bonds is 5. The summed E-state index contributed by atoms with van der Waals surface area (Å²) in [6.07, 6.45) is 0.116. The topological polar surface area (TPSA) is 93.5 Å². The van der Waals surface area contributed by atoms with E-state index in [1.807, 2.05) is 0 Å². The lowest BCUT2D eigenvalue weighted by Crippen LogP contribution is -2.35. The largest absolute Gasteiger partial charge is 0.495 e. The molecule has 0 aromatic heterocycles. The first-order valence-corrected chi connectivity index (χ1v) is 7.85. The lowest BCUT2D eigenvalue weighted by atomic mass is 10.1. The van der Waals surface area contributed by atoms with E-state index in [0.717, 1.165) is 5.56 Å². The van der Waals surface area contributed by atoms with Crippen LogP contribution < -0.4 is 15.4 Å². The first kappa shape index (κ1) is 18.6. The van der Waals surface area contributed by atoms with Crippen LogP contribution in [0.25, 0.3) is 0 Å². The zero-order valence-corrected chi connectivity index (χ0v) is 14.7. The summed E-state index contributed by atoms with van der Waals surface area (Å²) >= 11 is 10.9. The van der Waals surface area contributed by atoms with E-state index in [4.69, 9.17) is 28.6 Å². The number of hydrogen-bond acceptors (Lipinski definition) is 5. The summed E-state index contributed by atoms with van der Waals surface area (Å²) in [4.78, 5) is 22.4. The molecule has 0 aliphatic carbocycles. The highest BCUT2D eigenvalue weighted by Gasteiger charge is 2.13. The second-order valence-corrected chi connectivity index (χ2v) is 5.79. The number of benzene rings is 2. The molecule has 7 nitrogen and oxygen atoms in total. The van der Waals surface area contributed by atoms with Gasteiger partial charge in [0.05, 0.1) is 24.1 Å². The van der Waals surface area contributed by atoms with E-state index >= 15 is 0 Å². The number of non-ortho nitro benzene ring substituents is 1. The van der Waals surface area contributed by atoms with Gasteiger partial charge in [-0.15, -0.1) is 0 Å². The lowest BCUT2D eigenvalue weighted by Gasteiger charge is -2.12. The Hall–Kier alpha value is -2.71. The van der Waals surface area contributed by atoms with E-state index in [0.29, 0.717) is 10.8 Å². The van der Waals surface area contributed by atoms with Gasteiger partial charge in [-0.25, -0.2) is 0 Å². The van der Waals surface area contributed by atoms with Crippen LogP contribution in [-0.4, -0.2) is 23.1 Å². The van der Waals surface area contributed by atoms with Crippen molar-refractivity contribution < 1.29 is 14.5 Å². The van der Waals surface area contributed by atoms with Crippen LogP contribution in [0.2, 0.25) is 5.02 Å². The van der Waals surface area contributed by atoms with E-state index in [1.165, 1.54) is 25.3 Å². The molecule has 0 saturated heterocycles. The summed E-state index contributed by atoms with van der Waals surface area (Å²) in [5.74, 6) is 0.0316. The van der Waals surface area contributed by atoms with Crippen molar-refractivity contribution in [1.29, 1.82) is 0 Å². The Kier molecular flexibility index (Phi) is 6.26. The van der Waals surface area contributed by atoms with Crippen molar-refractivity contribution in [3.05, 3.63) is 63.2 Å². The van der Waals surface area contributed by atoms with E-state index in [9.17, 15) is 14.9 Å². The molecule has 2 aromatic carbocycles. The molecular formula is C16H14ClN3O4S. The Morgan fingerprint density at radius 1 is 1.28 bits per heavy atom. The van der Waals surface area contributed by atoms with Gasteiger partial charge in [0.1, 0.15) is 5.75 Å². The van der Waals surface area contributed by atoms with Gasteiger partial charge in [-0.2, -0.15) is 0 Å². The van der Waals surface area contributed by atoms with Crippen LogP contribution in [0.5, 0.6) is 5.75 Å². The fraction of sp³-hybridized carbons (Fsp3) is 0.125. The van der Waals surface area contributed by atoms with Gasteiger partial charge in [-0.3, -0.25) is 14.9 Å². The SMILES string of the molecule is COc1ccc([N+](=O)[O-])cc1NC(=S)NC(=O)Cc1ccc(Cl)cc1. The maximum absolute atomic E-state index is 12.0. The van der Waals surface area contributed by atoms with Crippen LogP contribution in [0.4, 0.5) is 11.4 Å². The molecule has 9 heteroatoms. The van der Waals surface area contributed by atoms with Crippen LogP contribution in [0.3, 0.4) is 0 Å². The first-order chi connectivity index (χ1) is 11.9. The minimum Gasteiger partial charge on any atom is -0.495 e. The number of ether oxygens (including phenoxy) is 1. The number of hydrogen-bond donors (Lipinski definition) is 2. The van der Waals surface area contributed by atoms with Crippen LogP contribution in [0.15, 0.2) is 42.5 Å². The van der Waals surface area contributed by atoms with Crippen LogP contribution in [0.1, 0.15) is 5.56 Å². The number of nitro benzene ring substituents is 1. The van der Waals surface area contributed by atoms with Crippen LogP contribution in [-0.2, 0) is 11.2 Å². The highest BCUT2D eigenvalue weighted by Crippen LogP contribution is 2.28. The highest BCUT2D eigenvalue weighted by atomic mass is 35.5. The molecule has 0 spiro atoms. The standard InChI is InChI=1S/C16H14ClN3O4S/c1-24-14-7-6-12(20(22)23)9-13(14)18-16(25)19-15(21)8-10-2-4-11(17)5-3-10/h2-7,9H,8H2,1H3,(H2,18,19,21,25). The van der Waals surface area contributed by atoms with Crippen molar-refractivity contribution in [2.75, 3.05) is 12.4 Å². The van der Waals surface area contributed by atoms with E-state index in [-0.39, 0.29) is 28.8 Å². The maximum Gasteiger partial charge on any atom is 0.271 e. The molecule has 1 amide bonds. The monoisotopic (exact) mass is 379 g/mol. The normalized spacial score (nSPS) is 10.0. The zero-order chi connectivity index (χ0) is 18.4. The summed E-state index contributed by atoms with van der Waals surface area (Å²) in [5.41, 5.74) is 0.935. The number of nitrogens with zero attached hydrogens (tertiary/aromatic N) is 1. The van der Waals surface area contributed by atoms with E-state index in [1.54, 1.807) is 24.3 Å². The number of nitro groups is 1. The maximum atomic E-state index is 12.0. The number of halogens is 1. The number of methoxy groups -OCH3 is 1. The van der Waals surface area contributed by atoms with Crippen molar-refractivity contribution in [2.24, 2.45) is 0 Å². The third-order valence-electron chi connectivity index (χ3n) is 3.17. The molecular weight excluding hydrogens is 366 g/mol. The molecule has 0 atom stereocenters. The molecule has 0 aliphatic heterocycles. The molecule has 0 radical (unpaired) electrons. The number of nitrogens with one attached hydrogen (secondary N) is 2. The smallest absolute Gasteiger partial charge is 0.271 e. The van der Waals surface area contributed by atoms with Gasteiger partial charge in [-0.1, -0.05) is 23.7 Å². The third-order valence-corrected chi connectivity index (χ3v) is 3.63. The Bertz CT molecular complexity index is 812. The van der Waals surface area contributed by atoms with Gasteiger partial charge in [0, 0.05) is 17.2 Å². The molecule has 0 bridgehead atoms. The second-order valence-electron chi connectivity index (χ2n) is 4.95. The molecule has 0 heterocycles. The number of thiocarbonyl (C=S) groups is 1. The predicted molar refractivity (Wildman–Crippen MR) is 99.2 cm³/mol. The average Bonchev–Trinajstić information content (AvgIpc) is 2.56. The molecule has 0 aliphatic rings. The summed E-state index contributed by atoms with van der Waals surface area (Å²) in [6.45, 7) is 0. The van der Waals surface area contributed by atoms with Gasteiger partial charge in [0.2, 0.25) is 5.91 Å². The number of carbonyl (C=O) groups is 1. The Morgan fingerprint density at radius 2 is 1.96 bits per heavy atom. The average molecular weight is 380 g/mol.